The zero-order chi connectivity index (χ0) is 12.1. The Morgan fingerprint density at radius 1 is 1.53 bits per heavy atom. The highest BCUT2D eigenvalue weighted by Gasteiger charge is 2.24. The molecular formula is C12H17ClN2OS. The van der Waals surface area contributed by atoms with E-state index in [0.717, 1.165) is 35.3 Å². The molecule has 94 valence electrons. The van der Waals surface area contributed by atoms with Crippen LogP contribution in [0.15, 0.2) is 29.2 Å². The molecule has 17 heavy (non-hydrogen) atoms. The molecule has 1 aromatic rings. The molecule has 0 saturated carbocycles. The standard InChI is InChI=1S/C12H17ClN2OS/c13-10-3-1-2-4-12(10)17-8-11(15-14)9-5-6-16-7-9/h1-4,9,11,15H,5-8,14H2. The van der Waals surface area contributed by atoms with Gasteiger partial charge in [0.25, 0.3) is 0 Å². The summed E-state index contributed by atoms with van der Waals surface area (Å²) in [5, 5.41) is 0.802. The first-order valence-electron chi connectivity index (χ1n) is 5.72. The van der Waals surface area contributed by atoms with Crippen molar-refractivity contribution < 1.29 is 4.74 Å². The fraction of sp³-hybridized carbons (Fsp3) is 0.500. The number of hydrogen-bond acceptors (Lipinski definition) is 4. The lowest BCUT2D eigenvalue weighted by molar-refractivity contribution is 0.179. The summed E-state index contributed by atoms with van der Waals surface area (Å²) in [5.41, 5.74) is 2.89. The van der Waals surface area contributed by atoms with Crippen molar-refractivity contribution in [1.29, 1.82) is 0 Å². The van der Waals surface area contributed by atoms with E-state index in [0.29, 0.717) is 5.92 Å². The molecule has 0 aromatic heterocycles. The van der Waals surface area contributed by atoms with Crippen LogP contribution >= 0.6 is 23.4 Å². The zero-order valence-electron chi connectivity index (χ0n) is 9.56. The largest absolute Gasteiger partial charge is 0.381 e. The van der Waals surface area contributed by atoms with Gasteiger partial charge in [0.1, 0.15) is 0 Å². The lowest BCUT2D eigenvalue weighted by Crippen LogP contribution is -2.43. The molecular weight excluding hydrogens is 256 g/mol. The van der Waals surface area contributed by atoms with Crippen LogP contribution in [0.2, 0.25) is 5.02 Å². The van der Waals surface area contributed by atoms with E-state index in [1.165, 1.54) is 0 Å². The molecule has 1 aromatic carbocycles. The Hall–Kier alpha value is -0.260. The summed E-state index contributed by atoms with van der Waals surface area (Å²) in [4.78, 5) is 1.10. The molecule has 1 aliphatic rings. The SMILES string of the molecule is NNC(CSc1ccccc1Cl)C1CCOC1. The van der Waals surface area contributed by atoms with Crippen LogP contribution in [0.4, 0.5) is 0 Å². The highest BCUT2D eigenvalue weighted by Crippen LogP contribution is 2.29. The van der Waals surface area contributed by atoms with Crippen molar-refractivity contribution in [2.75, 3.05) is 19.0 Å². The van der Waals surface area contributed by atoms with Crippen molar-refractivity contribution in [3.63, 3.8) is 0 Å². The van der Waals surface area contributed by atoms with Gasteiger partial charge in [0.05, 0.1) is 11.6 Å². The number of nitrogens with two attached hydrogens (primary N) is 1. The molecule has 0 radical (unpaired) electrons. The van der Waals surface area contributed by atoms with Gasteiger partial charge in [0, 0.05) is 29.2 Å². The maximum atomic E-state index is 6.11. The number of thioether (sulfide) groups is 1. The van der Waals surface area contributed by atoms with Crippen LogP contribution in [0.1, 0.15) is 6.42 Å². The summed E-state index contributed by atoms with van der Waals surface area (Å²) in [5.74, 6) is 7.02. The maximum Gasteiger partial charge on any atom is 0.0541 e. The first kappa shape index (κ1) is 13.2. The lowest BCUT2D eigenvalue weighted by Gasteiger charge is -2.21. The minimum absolute atomic E-state index is 0.277. The third-order valence-electron chi connectivity index (χ3n) is 3.00. The van der Waals surface area contributed by atoms with Gasteiger partial charge in [-0.1, -0.05) is 23.7 Å². The molecule has 0 spiro atoms. The second-order valence-electron chi connectivity index (χ2n) is 4.14. The van der Waals surface area contributed by atoms with Crippen LogP contribution < -0.4 is 11.3 Å². The number of rotatable bonds is 5. The van der Waals surface area contributed by atoms with Crippen molar-refractivity contribution in [2.24, 2.45) is 11.8 Å². The topological polar surface area (TPSA) is 47.3 Å². The van der Waals surface area contributed by atoms with Gasteiger partial charge in [0.15, 0.2) is 0 Å². The predicted octanol–water partition coefficient (Wildman–Crippen LogP) is 2.30. The van der Waals surface area contributed by atoms with E-state index in [1.54, 1.807) is 11.8 Å². The van der Waals surface area contributed by atoms with Crippen molar-refractivity contribution in [1.82, 2.24) is 5.43 Å². The van der Waals surface area contributed by atoms with Crippen LogP contribution in [0.25, 0.3) is 0 Å². The van der Waals surface area contributed by atoms with Gasteiger partial charge in [-0.05, 0) is 18.6 Å². The highest BCUT2D eigenvalue weighted by molar-refractivity contribution is 7.99. The van der Waals surface area contributed by atoms with Crippen LogP contribution in [0.3, 0.4) is 0 Å². The minimum Gasteiger partial charge on any atom is -0.381 e. The molecule has 5 heteroatoms. The van der Waals surface area contributed by atoms with Gasteiger partial charge in [0.2, 0.25) is 0 Å². The third-order valence-corrected chi connectivity index (χ3v) is 4.64. The number of benzene rings is 1. The monoisotopic (exact) mass is 272 g/mol. The summed E-state index contributed by atoms with van der Waals surface area (Å²) < 4.78 is 5.38. The molecule has 1 aliphatic heterocycles. The first-order chi connectivity index (χ1) is 8.31. The number of nitrogens with one attached hydrogen (secondary N) is 1. The van der Waals surface area contributed by atoms with E-state index in [2.05, 4.69) is 5.43 Å². The Labute approximate surface area is 111 Å². The van der Waals surface area contributed by atoms with Crippen molar-refractivity contribution in [3.05, 3.63) is 29.3 Å². The Morgan fingerprint density at radius 3 is 3.00 bits per heavy atom. The summed E-state index contributed by atoms with van der Waals surface area (Å²) in [7, 11) is 0. The Kier molecular flexibility index (Phi) is 5.13. The molecule has 2 unspecified atom stereocenters. The second kappa shape index (κ2) is 6.61. The zero-order valence-corrected chi connectivity index (χ0v) is 11.1. The van der Waals surface area contributed by atoms with Crippen LogP contribution in [-0.2, 0) is 4.74 Å². The minimum atomic E-state index is 0.277. The van der Waals surface area contributed by atoms with Crippen molar-refractivity contribution >= 4 is 23.4 Å². The number of hydrazine groups is 1. The molecule has 3 nitrogen and oxygen atoms in total. The molecule has 1 heterocycles. The highest BCUT2D eigenvalue weighted by atomic mass is 35.5. The molecule has 1 saturated heterocycles. The maximum absolute atomic E-state index is 6.11. The van der Waals surface area contributed by atoms with E-state index in [9.17, 15) is 0 Å². The first-order valence-corrected chi connectivity index (χ1v) is 7.09. The number of halogens is 1. The van der Waals surface area contributed by atoms with Crippen LogP contribution in [0, 0.1) is 5.92 Å². The number of hydrogen-bond donors (Lipinski definition) is 2. The third kappa shape index (κ3) is 3.60. The van der Waals surface area contributed by atoms with Gasteiger partial charge in [-0.15, -0.1) is 11.8 Å². The number of ether oxygens (including phenoxy) is 1. The van der Waals surface area contributed by atoms with Crippen molar-refractivity contribution in [3.8, 4) is 0 Å². The fourth-order valence-corrected chi connectivity index (χ4v) is 3.34. The molecule has 3 N–H and O–H groups in total. The van der Waals surface area contributed by atoms with Crippen LogP contribution in [0.5, 0.6) is 0 Å². The van der Waals surface area contributed by atoms with Gasteiger partial charge < -0.3 is 4.74 Å². The molecule has 0 aliphatic carbocycles. The Bertz CT molecular complexity index is 358. The molecule has 2 atom stereocenters. The molecule has 0 amide bonds. The molecule has 1 fully saturated rings. The summed E-state index contributed by atoms with van der Waals surface area (Å²) in [6, 6.07) is 8.16. The normalized spacial score (nSPS) is 21.6. The fourth-order valence-electron chi connectivity index (χ4n) is 1.93. The summed E-state index contributed by atoms with van der Waals surface area (Å²) in [6.45, 7) is 1.65. The quantitative estimate of drug-likeness (QED) is 0.491. The van der Waals surface area contributed by atoms with Gasteiger partial charge >= 0.3 is 0 Å². The van der Waals surface area contributed by atoms with E-state index >= 15 is 0 Å². The second-order valence-corrected chi connectivity index (χ2v) is 5.61. The Morgan fingerprint density at radius 2 is 2.35 bits per heavy atom. The van der Waals surface area contributed by atoms with Gasteiger partial charge in [-0.3, -0.25) is 11.3 Å². The average Bonchev–Trinajstić information content (AvgIpc) is 2.86. The van der Waals surface area contributed by atoms with Gasteiger partial charge in [-0.2, -0.15) is 0 Å². The van der Waals surface area contributed by atoms with Gasteiger partial charge in [-0.25, -0.2) is 0 Å². The van der Waals surface area contributed by atoms with E-state index < -0.39 is 0 Å². The molecule has 2 rings (SSSR count). The summed E-state index contributed by atoms with van der Waals surface area (Å²) in [6.07, 6.45) is 1.08. The average molecular weight is 273 g/mol. The van der Waals surface area contributed by atoms with E-state index in [4.69, 9.17) is 22.2 Å². The van der Waals surface area contributed by atoms with Crippen LogP contribution in [-0.4, -0.2) is 25.0 Å². The van der Waals surface area contributed by atoms with Crippen molar-refractivity contribution in [2.45, 2.75) is 17.4 Å². The lowest BCUT2D eigenvalue weighted by atomic mass is 10.0. The van der Waals surface area contributed by atoms with E-state index in [1.807, 2.05) is 24.3 Å². The smallest absolute Gasteiger partial charge is 0.0541 e. The summed E-state index contributed by atoms with van der Waals surface area (Å²) >= 11 is 7.85. The van der Waals surface area contributed by atoms with E-state index in [-0.39, 0.29) is 6.04 Å². The predicted molar refractivity (Wildman–Crippen MR) is 72.2 cm³/mol. The molecule has 0 bridgehead atoms. The Balaban J connectivity index is 1.89.